The molecular weight excluding hydrogens is 526 g/mol. The van der Waals surface area contributed by atoms with Crippen molar-refractivity contribution in [3.63, 3.8) is 0 Å². The Morgan fingerprint density at radius 3 is 2.15 bits per heavy atom. The maximum absolute atomic E-state index is 13.2. The van der Waals surface area contributed by atoms with Gasteiger partial charge in [0.15, 0.2) is 0 Å². The van der Waals surface area contributed by atoms with Gasteiger partial charge in [-0.25, -0.2) is 0 Å². The maximum atomic E-state index is 13.2. The van der Waals surface area contributed by atoms with E-state index in [1.807, 2.05) is 39.8 Å². The summed E-state index contributed by atoms with van der Waals surface area (Å²) in [5, 5.41) is 8.46. The van der Waals surface area contributed by atoms with Crippen LogP contribution in [0.15, 0.2) is 24.3 Å². The normalized spacial score (nSPS) is 14.9. The van der Waals surface area contributed by atoms with E-state index < -0.39 is 18.0 Å². The van der Waals surface area contributed by atoms with Crippen molar-refractivity contribution in [2.75, 3.05) is 18.4 Å². The number of rotatable bonds is 18. The second kappa shape index (κ2) is 17.5. The van der Waals surface area contributed by atoms with E-state index in [0.29, 0.717) is 57.5 Å². The molecule has 2 atom stereocenters. The lowest BCUT2D eigenvalue weighted by Crippen LogP contribution is -2.54. The second-order valence-corrected chi connectivity index (χ2v) is 11.1. The molecule has 0 unspecified atom stereocenters. The van der Waals surface area contributed by atoms with Crippen molar-refractivity contribution in [2.24, 2.45) is 11.7 Å². The van der Waals surface area contributed by atoms with Crippen LogP contribution in [0.2, 0.25) is 0 Å². The monoisotopic (exact) mass is 573 g/mol. The Balaban J connectivity index is 1.87. The highest BCUT2D eigenvalue weighted by Crippen LogP contribution is 2.15. The van der Waals surface area contributed by atoms with Gasteiger partial charge in [-0.05, 0) is 69.7 Å². The summed E-state index contributed by atoms with van der Waals surface area (Å²) in [4.78, 5) is 63.6. The molecule has 0 saturated carbocycles. The average molecular weight is 574 g/mol. The lowest BCUT2D eigenvalue weighted by molar-refractivity contribution is -0.138. The Morgan fingerprint density at radius 1 is 0.902 bits per heavy atom. The van der Waals surface area contributed by atoms with Gasteiger partial charge >= 0.3 is 0 Å². The Labute approximate surface area is 243 Å². The highest BCUT2D eigenvalue weighted by Gasteiger charge is 2.29. The number of nitrogens with one attached hydrogen (secondary N) is 3. The van der Waals surface area contributed by atoms with Gasteiger partial charge in [0.25, 0.3) is 0 Å². The number of likely N-dealkylation sites (tertiary alicyclic amines) is 1. The van der Waals surface area contributed by atoms with Gasteiger partial charge < -0.3 is 26.4 Å². The predicted octanol–water partition coefficient (Wildman–Crippen LogP) is 2.62. The first-order valence-corrected chi connectivity index (χ1v) is 14.7. The largest absolute Gasteiger partial charge is 0.374 e. The van der Waals surface area contributed by atoms with E-state index in [2.05, 4.69) is 16.0 Å². The Kier molecular flexibility index (Phi) is 14.5. The summed E-state index contributed by atoms with van der Waals surface area (Å²) < 4.78 is 5.60. The molecule has 0 radical (unpaired) electrons. The maximum Gasteiger partial charge on any atom is 0.246 e. The molecule has 1 aromatic rings. The fourth-order valence-electron chi connectivity index (χ4n) is 4.41. The molecule has 228 valence electrons. The number of hydrogen-bond donors (Lipinski definition) is 4. The molecule has 0 bridgehead atoms. The van der Waals surface area contributed by atoms with Gasteiger partial charge in [-0.15, -0.1) is 0 Å². The molecule has 2 rings (SSSR count). The summed E-state index contributed by atoms with van der Waals surface area (Å²) in [6.07, 6.45) is 3.65. The summed E-state index contributed by atoms with van der Waals surface area (Å²) in [5.41, 5.74) is 7.25. The molecule has 0 aromatic heterocycles. The third kappa shape index (κ3) is 12.0. The van der Waals surface area contributed by atoms with Crippen LogP contribution in [0.4, 0.5) is 5.69 Å². The number of carbonyl (C=O) groups excluding carboxylic acids is 5. The minimum absolute atomic E-state index is 0.117. The van der Waals surface area contributed by atoms with Crippen LogP contribution in [0, 0.1) is 5.92 Å². The zero-order valence-corrected chi connectivity index (χ0v) is 24.9. The molecular formula is C30H47N5O6. The molecule has 11 heteroatoms. The smallest absolute Gasteiger partial charge is 0.246 e. The molecule has 1 aliphatic heterocycles. The molecule has 5 amide bonds. The van der Waals surface area contributed by atoms with Crippen LogP contribution in [0.1, 0.15) is 84.6 Å². The van der Waals surface area contributed by atoms with Crippen molar-refractivity contribution in [1.29, 1.82) is 0 Å². The van der Waals surface area contributed by atoms with Crippen LogP contribution in [-0.2, 0) is 35.3 Å². The minimum atomic E-state index is -0.816. The van der Waals surface area contributed by atoms with E-state index in [4.69, 9.17) is 10.5 Å². The number of carbonyl (C=O) groups is 5. The van der Waals surface area contributed by atoms with Crippen LogP contribution in [0.25, 0.3) is 0 Å². The van der Waals surface area contributed by atoms with Crippen molar-refractivity contribution in [2.45, 2.75) is 104 Å². The van der Waals surface area contributed by atoms with Gasteiger partial charge in [-0.3, -0.25) is 28.9 Å². The number of imide groups is 1. The first-order valence-electron chi connectivity index (χ1n) is 14.7. The van der Waals surface area contributed by atoms with Gasteiger partial charge in [0.1, 0.15) is 12.1 Å². The summed E-state index contributed by atoms with van der Waals surface area (Å²) >= 11 is 0. The molecule has 11 nitrogen and oxygen atoms in total. The fourth-order valence-corrected chi connectivity index (χ4v) is 4.41. The first kappa shape index (κ1) is 33.9. The van der Waals surface area contributed by atoms with E-state index in [0.717, 1.165) is 5.56 Å². The van der Waals surface area contributed by atoms with E-state index in [9.17, 15) is 24.0 Å². The zero-order valence-electron chi connectivity index (χ0n) is 24.9. The Bertz CT molecular complexity index is 1010. The second-order valence-electron chi connectivity index (χ2n) is 11.1. The lowest BCUT2D eigenvalue weighted by atomic mass is 10.0. The number of nitrogens with zero attached hydrogens (tertiary/aromatic N) is 1. The van der Waals surface area contributed by atoms with E-state index in [1.54, 1.807) is 12.1 Å². The van der Waals surface area contributed by atoms with Crippen molar-refractivity contribution >= 4 is 35.2 Å². The van der Waals surface area contributed by atoms with E-state index >= 15 is 0 Å². The molecule has 1 heterocycles. The number of amides is 5. The minimum Gasteiger partial charge on any atom is -0.374 e. The third-order valence-corrected chi connectivity index (χ3v) is 6.84. The molecule has 1 saturated heterocycles. The Hall–Kier alpha value is -3.31. The first-order chi connectivity index (χ1) is 19.5. The van der Waals surface area contributed by atoms with Gasteiger partial charge in [0, 0.05) is 31.5 Å². The Morgan fingerprint density at radius 2 is 1.56 bits per heavy atom. The summed E-state index contributed by atoms with van der Waals surface area (Å²) in [6, 6.07) is 5.70. The number of benzene rings is 1. The quantitative estimate of drug-likeness (QED) is 0.155. The van der Waals surface area contributed by atoms with Crippen LogP contribution >= 0.6 is 0 Å². The fraction of sp³-hybridized carbons (Fsp3) is 0.633. The summed E-state index contributed by atoms with van der Waals surface area (Å²) in [7, 11) is 0. The van der Waals surface area contributed by atoms with Crippen LogP contribution < -0.4 is 21.7 Å². The molecule has 1 aliphatic rings. The number of ether oxygens (including phenoxy) is 1. The lowest BCUT2D eigenvalue weighted by Gasteiger charge is -2.25. The molecule has 41 heavy (non-hydrogen) atoms. The van der Waals surface area contributed by atoms with Crippen molar-refractivity contribution in [3.8, 4) is 0 Å². The number of anilines is 1. The van der Waals surface area contributed by atoms with Crippen LogP contribution in [0.3, 0.4) is 0 Å². The molecule has 1 aromatic carbocycles. The van der Waals surface area contributed by atoms with Crippen molar-refractivity contribution in [1.82, 2.24) is 15.5 Å². The van der Waals surface area contributed by atoms with Gasteiger partial charge in [-0.2, -0.15) is 0 Å². The standard InChI is InChI=1S/C30H47N5O6/c1-20(2)28(34-25(36)10-6-5-7-18-35-26(37)15-16-27(35)38)30(40)33-24(9-8-17-31)29(39)32-23-13-11-22(12-14-23)19-41-21(3)4/h11-14,20-21,24,28H,5-10,15-19,31H2,1-4H3,(H,32,39)(H,33,40)(H,34,36)/t24-,28-/m0/s1. The van der Waals surface area contributed by atoms with Crippen molar-refractivity contribution in [3.05, 3.63) is 29.8 Å². The van der Waals surface area contributed by atoms with Gasteiger partial charge in [-0.1, -0.05) is 32.4 Å². The molecule has 0 spiro atoms. The van der Waals surface area contributed by atoms with Crippen molar-refractivity contribution < 1.29 is 28.7 Å². The molecule has 0 aliphatic carbocycles. The van der Waals surface area contributed by atoms with Gasteiger partial charge in [0.2, 0.25) is 29.5 Å². The van der Waals surface area contributed by atoms with Gasteiger partial charge in [0.05, 0.1) is 12.7 Å². The van der Waals surface area contributed by atoms with Crippen LogP contribution in [0.5, 0.6) is 0 Å². The predicted molar refractivity (Wildman–Crippen MR) is 156 cm³/mol. The van der Waals surface area contributed by atoms with Crippen LogP contribution in [-0.4, -0.2) is 65.7 Å². The third-order valence-electron chi connectivity index (χ3n) is 6.84. The number of nitrogens with two attached hydrogens (primary N) is 1. The molecule has 5 N–H and O–H groups in total. The number of hydrogen-bond acceptors (Lipinski definition) is 7. The SMILES string of the molecule is CC(C)OCc1ccc(NC(=O)[C@H](CCCN)NC(=O)[C@@H](NC(=O)CCCCCN2C(=O)CCC2=O)C(C)C)cc1. The highest BCUT2D eigenvalue weighted by molar-refractivity contribution is 6.02. The zero-order chi connectivity index (χ0) is 30.4. The van der Waals surface area contributed by atoms with E-state index in [1.165, 1.54) is 4.90 Å². The number of unbranched alkanes of at least 4 members (excludes halogenated alkanes) is 2. The summed E-state index contributed by atoms with van der Waals surface area (Å²) in [5.74, 6) is -1.54. The molecule has 1 fully saturated rings. The highest BCUT2D eigenvalue weighted by atomic mass is 16.5. The van der Waals surface area contributed by atoms with E-state index in [-0.39, 0.29) is 54.9 Å². The topological polar surface area (TPSA) is 160 Å². The summed E-state index contributed by atoms with van der Waals surface area (Å²) in [6.45, 7) is 8.81. The average Bonchev–Trinajstić information content (AvgIpc) is 3.25.